The van der Waals surface area contributed by atoms with Crippen molar-refractivity contribution < 1.29 is 0 Å². The predicted molar refractivity (Wildman–Crippen MR) is 46.1 cm³/mol. The SMILES string of the molecule is CCCCC1C=CC(Cl)=C1. The molecule has 1 rings (SSSR count). The van der Waals surface area contributed by atoms with Crippen molar-refractivity contribution in [2.75, 3.05) is 0 Å². The van der Waals surface area contributed by atoms with E-state index < -0.39 is 0 Å². The lowest BCUT2D eigenvalue weighted by molar-refractivity contribution is 0.647. The molecule has 1 unspecified atom stereocenters. The summed E-state index contributed by atoms with van der Waals surface area (Å²) in [4.78, 5) is 0. The molecule has 1 heteroatoms. The van der Waals surface area contributed by atoms with E-state index in [1.54, 1.807) is 0 Å². The summed E-state index contributed by atoms with van der Waals surface area (Å²) < 4.78 is 0. The Hall–Kier alpha value is -0.230. The fourth-order valence-corrected chi connectivity index (χ4v) is 1.39. The van der Waals surface area contributed by atoms with Crippen LogP contribution >= 0.6 is 11.6 Å². The molecule has 0 aliphatic heterocycles. The summed E-state index contributed by atoms with van der Waals surface area (Å²) >= 11 is 5.76. The molecule has 0 radical (unpaired) electrons. The molecule has 0 fully saturated rings. The average Bonchev–Trinajstić information content (AvgIpc) is 2.31. The fourth-order valence-electron chi connectivity index (χ4n) is 1.15. The van der Waals surface area contributed by atoms with Gasteiger partial charge >= 0.3 is 0 Å². The van der Waals surface area contributed by atoms with Gasteiger partial charge in [0.05, 0.1) is 0 Å². The minimum Gasteiger partial charge on any atom is -0.0847 e. The maximum Gasteiger partial charge on any atom is 0.0369 e. The lowest BCUT2D eigenvalue weighted by Crippen LogP contribution is -1.87. The highest BCUT2D eigenvalue weighted by Gasteiger charge is 2.05. The number of halogens is 1. The molecule has 0 aromatic rings. The van der Waals surface area contributed by atoms with E-state index in [4.69, 9.17) is 11.6 Å². The molecule has 0 bridgehead atoms. The van der Waals surface area contributed by atoms with E-state index in [0.717, 1.165) is 5.03 Å². The van der Waals surface area contributed by atoms with Gasteiger partial charge in [-0.05, 0) is 18.4 Å². The van der Waals surface area contributed by atoms with Crippen LogP contribution in [0.15, 0.2) is 23.3 Å². The number of hydrogen-bond donors (Lipinski definition) is 0. The zero-order chi connectivity index (χ0) is 7.40. The molecule has 56 valence electrons. The fraction of sp³-hybridized carbons (Fsp3) is 0.556. The molecule has 0 saturated carbocycles. The van der Waals surface area contributed by atoms with Gasteiger partial charge in [0.25, 0.3) is 0 Å². The first kappa shape index (κ1) is 7.87. The van der Waals surface area contributed by atoms with E-state index in [0.29, 0.717) is 5.92 Å². The van der Waals surface area contributed by atoms with Crippen molar-refractivity contribution >= 4 is 11.6 Å². The maximum atomic E-state index is 5.76. The van der Waals surface area contributed by atoms with Gasteiger partial charge in [0.15, 0.2) is 0 Å². The van der Waals surface area contributed by atoms with Crippen molar-refractivity contribution in [2.45, 2.75) is 26.2 Å². The van der Waals surface area contributed by atoms with Gasteiger partial charge in [-0.2, -0.15) is 0 Å². The summed E-state index contributed by atoms with van der Waals surface area (Å²) in [5, 5.41) is 0.904. The largest absolute Gasteiger partial charge is 0.0847 e. The summed E-state index contributed by atoms with van der Waals surface area (Å²) in [6.45, 7) is 2.21. The van der Waals surface area contributed by atoms with Gasteiger partial charge in [-0.15, -0.1) is 0 Å². The quantitative estimate of drug-likeness (QED) is 0.587. The summed E-state index contributed by atoms with van der Waals surface area (Å²) in [5.74, 6) is 0.618. The first-order valence-electron chi connectivity index (χ1n) is 3.88. The van der Waals surface area contributed by atoms with Crippen molar-refractivity contribution in [3.05, 3.63) is 23.3 Å². The monoisotopic (exact) mass is 156 g/mol. The van der Waals surface area contributed by atoms with Crippen molar-refractivity contribution in [1.29, 1.82) is 0 Å². The molecule has 10 heavy (non-hydrogen) atoms. The minimum atomic E-state index is 0.618. The Morgan fingerprint density at radius 1 is 1.60 bits per heavy atom. The van der Waals surface area contributed by atoms with Crippen molar-refractivity contribution in [1.82, 2.24) is 0 Å². The third-order valence-corrected chi connectivity index (χ3v) is 2.02. The van der Waals surface area contributed by atoms with E-state index in [1.807, 2.05) is 6.08 Å². The molecule has 1 aliphatic carbocycles. The van der Waals surface area contributed by atoms with Gasteiger partial charge in [-0.3, -0.25) is 0 Å². The van der Waals surface area contributed by atoms with E-state index in [2.05, 4.69) is 19.1 Å². The number of hydrogen-bond acceptors (Lipinski definition) is 0. The first-order valence-corrected chi connectivity index (χ1v) is 4.26. The Morgan fingerprint density at radius 2 is 2.40 bits per heavy atom. The Labute approximate surface area is 67.6 Å². The molecule has 0 heterocycles. The third kappa shape index (κ3) is 2.18. The van der Waals surface area contributed by atoms with Crippen LogP contribution in [-0.2, 0) is 0 Å². The van der Waals surface area contributed by atoms with E-state index in [-0.39, 0.29) is 0 Å². The Kier molecular flexibility index (Phi) is 3.01. The Balaban J connectivity index is 2.26. The Bertz CT molecular complexity index is 156. The van der Waals surface area contributed by atoms with Crippen LogP contribution in [0.5, 0.6) is 0 Å². The van der Waals surface area contributed by atoms with Crippen LogP contribution in [0.2, 0.25) is 0 Å². The van der Waals surface area contributed by atoms with Gasteiger partial charge in [0.1, 0.15) is 0 Å². The number of allylic oxidation sites excluding steroid dienone is 4. The van der Waals surface area contributed by atoms with Gasteiger partial charge in [-0.25, -0.2) is 0 Å². The normalized spacial score (nSPS) is 23.4. The molecule has 0 N–H and O–H groups in total. The van der Waals surface area contributed by atoms with E-state index >= 15 is 0 Å². The number of unbranched alkanes of at least 4 members (excludes halogenated alkanes) is 1. The Morgan fingerprint density at radius 3 is 2.90 bits per heavy atom. The molecule has 0 spiro atoms. The second-order valence-electron chi connectivity index (χ2n) is 2.72. The zero-order valence-electron chi connectivity index (χ0n) is 6.31. The molecule has 0 saturated heterocycles. The number of rotatable bonds is 3. The topological polar surface area (TPSA) is 0 Å². The standard InChI is InChI=1S/C9H13Cl/c1-2-3-4-8-5-6-9(10)7-8/h5-8H,2-4H2,1H3. The van der Waals surface area contributed by atoms with Gasteiger partial charge in [0, 0.05) is 5.03 Å². The third-order valence-electron chi connectivity index (χ3n) is 1.77. The predicted octanol–water partition coefficient (Wildman–Crippen LogP) is 3.49. The van der Waals surface area contributed by atoms with Crippen LogP contribution in [0.4, 0.5) is 0 Å². The van der Waals surface area contributed by atoms with Gasteiger partial charge in [-0.1, -0.05) is 43.5 Å². The first-order chi connectivity index (χ1) is 4.83. The molecular weight excluding hydrogens is 144 g/mol. The molecule has 0 aromatic heterocycles. The molecule has 1 aliphatic rings. The zero-order valence-corrected chi connectivity index (χ0v) is 7.06. The van der Waals surface area contributed by atoms with Crippen LogP contribution < -0.4 is 0 Å². The second kappa shape index (κ2) is 3.82. The maximum absolute atomic E-state index is 5.76. The molecule has 0 aromatic carbocycles. The van der Waals surface area contributed by atoms with Crippen molar-refractivity contribution in [2.24, 2.45) is 5.92 Å². The molecule has 0 amide bonds. The second-order valence-corrected chi connectivity index (χ2v) is 3.15. The molecule has 1 atom stereocenters. The van der Waals surface area contributed by atoms with E-state index in [9.17, 15) is 0 Å². The van der Waals surface area contributed by atoms with E-state index in [1.165, 1.54) is 19.3 Å². The highest BCUT2D eigenvalue weighted by atomic mass is 35.5. The summed E-state index contributed by atoms with van der Waals surface area (Å²) in [6, 6.07) is 0. The highest BCUT2D eigenvalue weighted by molar-refractivity contribution is 6.31. The smallest absolute Gasteiger partial charge is 0.0369 e. The van der Waals surface area contributed by atoms with Crippen molar-refractivity contribution in [3.8, 4) is 0 Å². The lowest BCUT2D eigenvalue weighted by atomic mass is 10.0. The summed E-state index contributed by atoms with van der Waals surface area (Å²) in [6.07, 6.45) is 10.1. The van der Waals surface area contributed by atoms with Crippen molar-refractivity contribution in [3.63, 3.8) is 0 Å². The molecule has 0 nitrogen and oxygen atoms in total. The summed E-state index contributed by atoms with van der Waals surface area (Å²) in [7, 11) is 0. The van der Waals surface area contributed by atoms with Crippen LogP contribution in [0.1, 0.15) is 26.2 Å². The van der Waals surface area contributed by atoms with Crippen LogP contribution in [0.3, 0.4) is 0 Å². The van der Waals surface area contributed by atoms with Crippen LogP contribution in [0, 0.1) is 5.92 Å². The highest BCUT2D eigenvalue weighted by Crippen LogP contribution is 2.22. The van der Waals surface area contributed by atoms with Gasteiger partial charge in [0.2, 0.25) is 0 Å². The van der Waals surface area contributed by atoms with Crippen LogP contribution in [-0.4, -0.2) is 0 Å². The summed E-state index contributed by atoms with van der Waals surface area (Å²) in [5.41, 5.74) is 0. The lowest BCUT2D eigenvalue weighted by Gasteiger charge is -2.00. The average molecular weight is 157 g/mol. The van der Waals surface area contributed by atoms with Crippen LogP contribution in [0.25, 0.3) is 0 Å². The van der Waals surface area contributed by atoms with Gasteiger partial charge < -0.3 is 0 Å². The minimum absolute atomic E-state index is 0.618. The molecular formula is C9H13Cl.